The van der Waals surface area contributed by atoms with Crippen molar-refractivity contribution in [2.45, 2.75) is 13.0 Å². The number of benzene rings is 1. The van der Waals surface area contributed by atoms with E-state index in [1.165, 1.54) is 0 Å². The Balaban J connectivity index is 1.54. The number of carbonyl (C=O) groups excluding carboxylic acids is 1. The highest BCUT2D eigenvalue weighted by atomic mass is 35.5. The maximum Gasteiger partial charge on any atom is 0.227 e. The summed E-state index contributed by atoms with van der Waals surface area (Å²) < 4.78 is 0. The number of pyridine rings is 1. The van der Waals surface area contributed by atoms with Crippen molar-refractivity contribution in [1.82, 2.24) is 30.2 Å². The van der Waals surface area contributed by atoms with E-state index in [2.05, 4.69) is 30.2 Å². The molecule has 0 aliphatic heterocycles. The summed E-state index contributed by atoms with van der Waals surface area (Å²) in [6.45, 7) is 0.326. The molecule has 0 aliphatic carbocycles. The SMILES string of the molecule is O=C(Cc1nc2c(cnc3ccc(Cl)cc32)[nH]1)NCc1cnccn1. The second kappa shape index (κ2) is 6.45. The molecule has 0 saturated carbocycles. The van der Waals surface area contributed by atoms with E-state index in [0.29, 0.717) is 23.1 Å². The minimum absolute atomic E-state index is 0.136. The average Bonchev–Trinajstić information content (AvgIpc) is 3.04. The summed E-state index contributed by atoms with van der Waals surface area (Å²) in [6.07, 6.45) is 6.63. The molecule has 0 aliphatic rings. The van der Waals surface area contributed by atoms with Crippen LogP contribution >= 0.6 is 11.6 Å². The summed E-state index contributed by atoms with van der Waals surface area (Å²) in [5, 5.41) is 4.27. The number of rotatable bonds is 4. The number of hydrogen-bond acceptors (Lipinski definition) is 5. The maximum absolute atomic E-state index is 12.1. The second-order valence-electron chi connectivity index (χ2n) is 5.52. The van der Waals surface area contributed by atoms with Crippen LogP contribution in [0.1, 0.15) is 11.5 Å². The van der Waals surface area contributed by atoms with Crippen molar-refractivity contribution >= 4 is 39.4 Å². The van der Waals surface area contributed by atoms with Gasteiger partial charge in [0.25, 0.3) is 0 Å². The van der Waals surface area contributed by atoms with Gasteiger partial charge in [0.1, 0.15) is 5.82 Å². The van der Waals surface area contributed by atoms with E-state index >= 15 is 0 Å². The molecule has 1 aromatic carbocycles. The Morgan fingerprint density at radius 2 is 2.12 bits per heavy atom. The van der Waals surface area contributed by atoms with Crippen molar-refractivity contribution < 1.29 is 4.79 Å². The number of imidazole rings is 1. The highest BCUT2D eigenvalue weighted by molar-refractivity contribution is 6.31. The van der Waals surface area contributed by atoms with Gasteiger partial charge < -0.3 is 10.3 Å². The standard InChI is InChI=1S/C17H13ClN6O/c18-10-1-2-13-12(5-10)17-14(9-21-13)23-15(24-17)6-16(25)22-8-11-7-19-3-4-20-11/h1-5,7,9H,6,8H2,(H,22,25)(H,23,24). The summed E-state index contributed by atoms with van der Waals surface area (Å²) >= 11 is 6.07. The first-order chi connectivity index (χ1) is 12.2. The second-order valence-corrected chi connectivity index (χ2v) is 5.95. The smallest absolute Gasteiger partial charge is 0.227 e. The fourth-order valence-electron chi connectivity index (χ4n) is 2.59. The number of halogens is 1. The lowest BCUT2D eigenvalue weighted by molar-refractivity contribution is -0.120. The number of amides is 1. The van der Waals surface area contributed by atoms with E-state index in [4.69, 9.17) is 11.6 Å². The summed E-state index contributed by atoms with van der Waals surface area (Å²) in [5.74, 6) is 0.418. The molecule has 2 N–H and O–H groups in total. The molecular formula is C17H13ClN6O. The number of aromatic amines is 1. The monoisotopic (exact) mass is 352 g/mol. The molecule has 7 nitrogen and oxygen atoms in total. The molecule has 4 rings (SSSR count). The third-order valence-corrected chi connectivity index (χ3v) is 3.97. The fraction of sp³-hybridized carbons (Fsp3) is 0.118. The number of nitrogens with zero attached hydrogens (tertiary/aromatic N) is 4. The number of nitrogens with one attached hydrogen (secondary N) is 2. The molecule has 0 atom stereocenters. The first kappa shape index (κ1) is 15.5. The largest absolute Gasteiger partial charge is 0.350 e. The van der Waals surface area contributed by atoms with Crippen molar-refractivity contribution in [2.24, 2.45) is 0 Å². The van der Waals surface area contributed by atoms with E-state index < -0.39 is 0 Å². The van der Waals surface area contributed by atoms with Gasteiger partial charge >= 0.3 is 0 Å². The number of H-pyrrole nitrogens is 1. The van der Waals surface area contributed by atoms with Gasteiger partial charge in [0.15, 0.2) is 0 Å². The third-order valence-electron chi connectivity index (χ3n) is 3.74. The Kier molecular flexibility index (Phi) is 3.99. The van der Waals surface area contributed by atoms with Crippen molar-refractivity contribution in [1.29, 1.82) is 0 Å². The zero-order chi connectivity index (χ0) is 17.2. The molecule has 0 fully saturated rings. The molecular weight excluding hydrogens is 340 g/mol. The van der Waals surface area contributed by atoms with Gasteiger partial charge in [-0.2, -0.15) is 0 Å². The molecule has 0 radical (unpaired) electrons. The van der Waals surface area contributed by atoms with Crippen LogP contribution in [0.5, 0.6) is 0 Å². The van der Waals surface area contributed by atoms with E-state index in [9.17, 15) is 4.79 Å². The van der Waals surface area contributed by atoms with E-state index in [1.807, 2.05) is 12.1 Å². The number of fused-ring (bicyclic) bond motifs is 3. The lowest BCUT2D eigenvalue weighted by atomic mass is 10.2. The number of carbonyl (C=O) groups is 1. The van der Waals surface area contributed by atoms with Crippen LogP contribution in [0.3, 0.4) is 0 Å². The number of aromatic nitrogens is 5. The van der Waals surface area contributed by atoms with E-state index in [0.717, 1.165) is 21.9 Å². The summed E-state index contributed by atoms with van der Waals surface area (Å²) in [4.78, 5) is 32.2. The third kappa shape index (κ3) is 3.27. The van der Waals surface area contributed by atoms with Crippen LogP contribution in [0.4, 0.5) is 0 Å². The zero-order valence-electron chi connectivity index (χ0n) is 13.0. The molecule has 0 saturated heterocycles. The van der Waals surface area contributed by atoms with Crippen molar-refractivity contribution in [2.75, 3.05) is 0 Å². The van der Waals surface area contributed by atoms with Gasteiger partial charge in [0.05, 0.1) is 47.6 Å². The summed E-state index contributed by atoms with van der Waals surface area (Å²) in [6, 6.07) is 5.46. The van der Waals surface area contributed by atoms with Crippen LogP contribution in [0.15, 0.2) is 43.0 Å². The van der Waals surface area contributed by atoms with E-state index in [-0.39, 0.29) is 12.3 Å². The molecule has 3 aromatic heterocycles. The minimum atomic E-state index is -0.153. The molecule has 8 heteroatoms. The highest BCUT2D eigenvalue weighted by Gasteiger charge is 2.11. The van der Waals surface area contributed by atoms with Gasteiger partial charge in [0.2, 0.25) is 5.91 Å². The van der Waals surface area contributed by atoms with Crippen LogP contribution in [0.2, 0.25) is 5.02 Å². The van der Waals surface area contributed by atoms with Crippen molar-refractivity contribution in [3.8, 4) is 0 Å². The molecule has 4 aromatic rings. The van der Waals surface area contributed by atoms with Crippen LogP contribution in [0.25, 0.3) is 21.9 Å². The van der Waals surface area contributed by atoms with Crippen LogP contribution < -0.4 is 5.32 Å². The van der Waals surface area contributed by atoms with Gasteiger partial charge in [-0.1, -0.05) is 11.6 Å². The first-order valence-electron chi connectivity index (χ1n) is 7.63. The Hall–Kier alpha value is -3.06. The van der Waals surface area contributed by atoms with Crippen LogP contribution in [-0.2, 0) is 17.8 Å². The Bertz CT molecular complexity index is 1060. The quantitative estimate of drug-likeness (QED) is 0.588. The molecule has 25 heavy (non-hydrogen) atoms. The van der Waals surface area contributed by atoms with Crippen LogP contribution in [-0.4, -0.2) is 30.8 Å². The lowest BCUT2D eigenvalue weighted by Gasteiger charge is -2.02. The lowest BCUT2D eigenvalue weighted by Crippen LogP contribution is -2.25. The normalized spacial score (nSPS) is 11.1. The predicted octanol–water partition coefficient (Wildman–Crippen LogP) is 2.41. The predicted molar refractivity (Wildman–Crippen MR) is 94.0 cm³/mol. The molecule has 0 unspecified atom stereocenters. The van der Waals surface area contributed by atoms with Gasteiger partial charge in [-0.15, -0.1) is 0 Å². The molecule has 3 heterocycles. The zero-order valence-corrected chi connectivity index (χ0v) is 13.8. The minimum Gasteiger partial charge on any atom is -0.350 e. The Labute approximate surface area is 147 Å². The highest BCUT2D eigenvalue weighted by Crippen LogP contribution is 2.24. The van der Waals surface area contributed by atoms with Crippen molar-refractivity contribution in [3.63, 3.8) is 0 Å². The summed E-state index contributed by atoms with van der Waals surface area (Å²) in [7, 11) is 0. The average molecular weight is 353 g/mol. The molecule has 0 spiro atoms. The first-order valence-corrected chi connectivity index (χ1v) is 8.01. The van der Waals surface area contributed by atoms with E-state index in [1.54, 1.807) is 30.9 Å². The van der Waals surface area contributed by atoms with Gasteiger partial charge in [0, 0.05) is 22.8 Å². The molecule has 0 bridgehead atoms. The number of hydrogen-bond donors (Lipinski definition) is 2. The summed E-state index contributed by atoms with van der Waals surface area (Å²) in [5.41, 5.74) is 3.03. The van der Waals surface area contributed by atoms with Gasteiger partial charge in [-0.25, -0.2) is 4.98 Å². The van der Waals surface area contributed by atoms with Crippen LogP contribution in [0, 0.1) is 0 Å². The van der Waals surface area contributed by atoms with Gasteiger partial charge in [-0.3, -0.25) is 19.7 Å². The van der Waals surface area contributed by atoms with Gasteiger partial charge in [-0.05, 0) is 18.2 Å². The molecule has 124 valence electrons. The molecule has 1 amide bonds. The topological polar surface area (TPSA) is 96.5 Å². The van der Waals surface area contributed by atoms with Crippen molar-refractivity contribution in [3.05, 3.63) is 59.5 Å². The maximum atomic E-state index is 12.1. The Morgan fingerprint density at radius 1 is 1.20 bits per heavy atom. The fourth-order valence-corrected chi connectivity index (χ4v) is 2.76. The Morgan fingerprint density at radius 3 is 2.96 bits per heavy atom.